The van der Waals surface area contributed by atoms with Crippen LogP contribution in [0.4, 0.5) is 0 Å². The van der Waals surface area contributed by atoms with Crippen molar-refractivity contribution in [3.05, 3.63) is 46.8 Å². The Labute approximate surface area is 117 Å². The summed E-state index contributed by atoms with van der Waals surface area (Å²) >= 11 is 0. The Morgan fingerprint density at radius 1 is 1.30 bits per heavy atom. The lowest BCUT2D eigenvalue weighted by Crippen LogP contribution is -2.06. The first kappa shape index (κ1) is 14.1. The summed E-state index contributed by atoms with van der Waals surface area (Å²) in [5.74, 6) is -0.185. The largest absolute Gasteiger partial charge is 0.493 e. The molecular formula is C15H18N2O3. The van der Waals surface area contributed by atoms with Gasteiger partial charge in [-0.2, -0.15) is 5.10 Å². The summed E-state index contributed by atoms with van der Waals surface area (Å²) in [6, 6.07) is 7.54. The minimum absolute atomic E-state index is 0.0636. The molecule has 0 fully saturated rings. The molecule has 1 aromatic heterocycles. The van der Waals surface area contributed by atoms with E-state index in [1.54, 1.807) is 17.8 Å². The molecule has 0 bridgehead atoms. The first-order valence-corrected chi connectivity index (χ1v) is 6.43. The standard InChI is InChI=1S/C15H18N2O3/c1-10-4-5-13(8-11(10)2)20-7-6-12-9-14(15(18)19)16-17(12)3/h4-5,8-9H,6-7H2,1-3H3,(H,18,19). The molecule has 5 heteroatoms. The van der Waals surface area contributed by atoms with Crippen molar-refractivity contribution in [1.29, 1.82) is 0 Å². The number of ether oxygens (including phenoxy) is 1. The number of carboxylic acids is 1. The predicted molar refractivity (Wildman–Crippen MR) is 75.3 cm³/mol. The van der Waals surface area contributed by atoms with Crippen molar-refractivity contribution < 1.29 is 14.6 Å². The summed E-state index contributed by atoms with van der Waals surface area (Å²) in [5.41, 5.74) is 3.33. The van der Waals surface area contributed by atoms with Gasteiger partial charge < -0.3 is 9.84 Å². The van der Waals surface area contributed by atoms with Crippen molar-refractivity contribution in [1.82, 2.24) is 9.78 Å². The Kier molecular flexibility index (Phi) is 4.08. The normalized spacial score (nSPS) is 10.6. The van der Waals surface area contributed by atoms with Crippen LogP contribution in [0.5, 0.6) is 5.75 Å². The smallest absolute Gasteiger partial charge is 0.356 e. The van der Waals surface area contributed by atoms with E-state index in [0.717, 1.165) is 11.4 Å². The van der Waals surface area contributed by atoms with Gasteiger partial charge in [-0.25, -0.2) is 4.79 Å². The molecule has 0 amide bonds. The van der Waals surface area contributed by atoms with E-state index in [1.165, 1.54) is 11.1 Å². The number of nitrogens with zero attached hydrogens (tertiary/aromatic N) is 2. The van der Waals surface area contributed by atoms with E-state index in [9.17, 15) is 4.79 Å². The average molecular weight is 274 g/mol. The van der Waals surface area contributed by atoms with Gasteiger partial charge >= 0.3 is 5.97 Å². The van der Waals surface area contributed by atoms with Crippen LogP contribution in [0.25, 0.3) is 0 Å². The van der Waals surface area contributed by atoms with Crippen molar-refractivity contribution in [3.8, 4) is 5.75 Å². The zero-order chi connectivity index (χ0) is 14.7. The minimum atomic E-state index is -1.01. The third kappa shape index (κ3) is 3.17. The molecule has 1 aromatic carbocycles. The zero-order valence-corrected chi connectivity index (χ0v) is 11.9. The molecule has 0 unspecified atom stereocenters. The van der Waals surface area contributed by atoms with Crippen molar-refractivity contribution in [2.24, 2.45) is 7.05 Å². The number of carboxylic acid groups (broad SMARTS) is 1. The molecule has 0 saturated heterocycles. The Bertz CT molecular complexity index is 632. The first-order chi connectivity index (χ1) is 9.47. The molecule has 0 aliphatic heterocycles. The minimum Gasteiger partial charge on any atom is -0.493 e. The highest BCUT2D eigenvalue weighted by Gasteiger charge is 2.11. The van der Waals surface area contributed by atoms with E-state index in [2.05, 4.69) is 12.0 Å². The van der Waals surface area contributed by atoms with E-state index in [1.807, 2.05) is 25.1 Å². The molecule has 5 nitrogen and oxygen atoms in total. The summed E-state index contributed by atoms with van der Waals surface area (Å²) in [5, 5.41) is 12.8. The molecule has 20 heavy (non-hydrogen) atoms. The van der Waals surface area contributed by atoms with Crippen molar-refractivity contribution in [2.75, 3.05) is 6.61 Å². The van der Waals surface area contributed by atoms with Gasteiger partial charge in [0.15, 0.2) is 5.69 Å². The highest BCUT2D eigenvalue weighted by atomic mass is 16.5. The van der Waals surface area contributed by atoms with Crippen LogP contribution in [0.1, 0.15) is 27.3 Å². The van der Waals surface area contributed by atoms with Crippen LogP contribution in [-0.4, -0.2) is 27.5 Å². The van der Waals surface area contributed by atoms with Gasteiger partial charge in [-0.3, -0.25) is 4.68 Å². The van der Waals surface area contributed by atoms with Crippen molar-refractivity contribution in [2.45, 2.75) is 20.3 Å². The van der Waals surface area contributed by atoms with Crippen LogP contribution in [0.15, 0.2) is 24.3 Å². The van der Waals surface area contributed by atoms with Gasteiger partial charge in [-0.05, 0) is 43.2 Å². The second-order valence-electron chi connectivity index (χ2n) is 4.79. The molecule has 0 saturated carbocycles. The molecule has 0 aliphatic rings. The van der Waals surface area contributed by atoms with Gasteiger partial charge in [-0.1, -0.05) is 6.07 Å². The number of aromatic nitrogens is 2. The molecule has 106 valence electrons. The number of aromatic carboxylic acids is 1. The van der Waals surface area contributed by atoms with E-state index in [0.29, 0.717) is 13.0 Å². The van der Waals surface area contributed by atoms with Gasteiger partial charge in [0.05, 0.1) is 6.61 Å². The van der Waals surface area contributed by atoms with Crippen LogP contribution in [0.2, 0.25) is 0 Å². The zero-order valence-electron chi connectivity index (χ0n) is 11.9. The fourth-order valence-electron chi connectivity index (χ4n) is 1.92. The Morgan fingerprint density at radius 2 is 2.05 bits per heavy atom. The summed E-state index contributed by atoms with van der Waals surface area (Å²) in [6.45, 7) is 4.59. The Balaban J connectivity index is 1.95. The lowest BCUT2D eigenvalue weighted by molar-refractivity contribution is 0.0689. The molecule has 0 spiro atoms. The Hall–Kier alpha value is -2.30. The number of rotatable bonds is 5. The third-order valence-corrected chi connectivity index (χ3v) is 3.30. The highest BCUT2D eigenvalue weighted by Crippen LogP contribution is 2.16. The number of hydrogen-bond acceptors (Lipinski definition) is 3. The van der Waals surface area contributed by atoms with Gasteiger partial charge in [0.25, 0.3) is 0 Å². The summed E-state index contributed by atoms with van der Waals surface area (Å²) in [6.07, 6.45) is 0.615. The first-order valence-electron chi connectivity index (χ1n) is 6.43. The van der Waals surface area contributed by atoms with E-state index < -0.39 is 5.97 Å². The molecule has 2 aromatic rings. The van der Waals surface area contributed by atoms with Gasteiger partial charge in [0, 0.05) is 19.2 Å². The highest BCUT2D eigenvalue weighted by molar-refractivity contribution is 5.85. The molecule has 0 radical (unpaired) electrons. The quantitative estimate of drug-likeness (QED) is 0.909. The van der Waals surface area contributed by atoms with Crippen molar-refractivity contribution in [3.63, 3.8) is 0 Å². The molecule has 0 aliphatic carbocycles. The molecule has 2 rings (SSSR count). The number of carbonyl (C=O) groups is 1. The van der Waals surface area contributed by atoms with Crippen molar-refractivity contribution >= 4 is 5.97 Å². The van der Waals surface area contributed by atoms with Crippen LogP contribution in [-0.2, 0) is 13.5 Å². The monoisotopic (exact) mass is 274 g/mol. The van der Waals surface area contributed by atoms with E-state index in [-0.39, 0.29) is 5.69 Å². The van der Waals surface area contributed by atoms with Gasteiger partial charge in [-0.15, -0.1) is 0 Å². The lowest BCUT2D eigenvalue weighted by atomic mass is 10.1. The topological polar surface area (TPSA) is 64.3 Å². The van der Waals surface area contributed by atoms with Crippen LogP contribution < -0.4 is 4.74 Å². The lowest BCUT2D eigenvalue weighted by Gasteiger charge is -2.08. The molecule has 0 atom stereocenters. The third-order valence-electron chi connectivity index (χ3n) is 3.30. The van der Waals surface area contributed by atoms with E-state index >= 15 is 0 Å². The fraction of sp³-hybridized carbons (Fsp3) is 0.333. The van der Waals surface area contributed by atoms with E-state index in [4.69, 9.17) is 9.84 Å². The molecular weight excluding hydrogens is 256 g/mol. The number of benzene rings is 1. The Morgan fingerprint density at radius 3 is 2.65 bits per heavy atom. The molecule has 1 heterocycles. The second-order valence-corrected chi connectivity index (χ2v) is 4.79. The fourth-order valence-corrected chi connectivity index (χ4v) is 1.92. The van der Waals surface area contributed by atoms with Gasteiger partial charge in [0.1, 0.15) is 5.75 Å². The molecule has 1 N–H and O–H groups in total. The number of hydrogen-bond donors (Lipinski definition) is 1. The second kappa shape index (κ2) is 5.77. The maximum absolute atomic E-state index is 10.8. The van der Waals surface area contributed by atoms with Gasteiger partial charge in [0.2, 0.25) is 0 Å². The summed E-state index contributed by atoms with van der Waals surface area (Å²) < 4.78 is 7.26. The van der Waals surface area contributed by atoms with Crippen LogP contribution in [0.3, 0.4) is 0 Å². The summed E-state index contributed by atoms with van der Waals surface area (Å²) in [4.78, 5) is 10.8. The maximum Gasteiger partial charge on any atom is 0.356 e. The van der Waals surface area contributed by atoms with Crippen LogP contribution in [0, 0.1) is 13.8 Å². The predicted octanol–water partition coefficient (Wildman–Crippen LogP) is 2.36. The average Bonchev–Trinajstić information content (AvgIpc) is 2.76. The summed E-state index contributed by atoms with van der Waals surface area (Å²) in [7, 11) is 1.73. The SMILES string of the molecule is Cc1ccc(OCCc2cc(C(=O)O)nn2C)cc1C. The number of aryl methyl sites for hydroxylation is 3. The van der Waals surface area contributed by atoms with Crippen LogP contribution >= 0.6 is 0 Å². The maximum atomic E-state index is 10.8.